The minimum absolute atomic E-state index is 0.234. The number of carbonyl (C=O) groups is 1. The normalized spacial score (nSPS) is 15.3. The first kappa shape index (κ1) is 16.2. The summed E-state index contributed by atoms with van der Waals surface area (Å²) in [6.45, 7) is 4.17. The maximum Gasteiger partial charge on any atom is 0.306 e. The number of benzene rings is 1. The van der Waals surface area contributed by atoms with Crippen LogP contribution in [0.3, 0.4) is 0 Å². The van der Waals surface area contributed by atoms with E-state index in [0.717, 1.165) is 5.82 Å². The third-order valence-corrected chi connectivity index (χ3v) is 4.38. The summed E-state index contributed by atoms with van der Waals surface area (Å²) in [6.07, 6.45) is 3.06. The topological polar surface area (TPSA) is 78.4 Å². The quantitative estimate of drug-likeness (QED) is 0.879. The van der Waals surface area contributed by atoms with Crippen LogP contribution in [0.5, 0.6) is 0 Å². The molecule has 6 nitrogen and oxygen atoms in total. The maximum atomic E-state index is 11.0. The summed E-state index contributed by atoms with van der Waals surface area (Å²) in [7, 11) is 0. The molecule has 1 aromatic carbocycles. The average molecular weight is 326 g/mol. The molecule has 0 amide bonds. The fourth-order valence-corrected chi connectivity index (χ4v) is 2.85. The zero-order valence-electron chi connectivity index (χ0n) is 13.8. The molecule has 0 atom stereocenters. The third kappa shape index (κ3) is 4.01. The largest absolute Gasteiger partial charge is 0.481 e. The van der Waals surface area contributed by atoms with E-state index in [-0.39, 0.29) is 5.92 Å². The third-order valence-electron chi connectivity index (χ3n) is 4.38. The summed E-state index contributed by atoms with van der Waals surface area (Å²) in [4.78, 5) is 22.0. The smallest absolute Gasteiger partial charge is 0.306 e. The number of piperidine rings is 1. The van der Waals surface area contributed by atoms with Gasteiger partial charge in [-0.1, -0.05) is 29.8 Å². The van der Waals surface area contributed by atoms with E-state index in [4.69, 9.17) is 5.11 Å². The first-order chi connectivity index (χ1) is 11.6. The van der Waals surface area contributed by atoms with Crippen molar-refractivity contribution in [2.45, 2.75) is 26.3 Å². The van der Waals surface area contributed by atoms with Crippen LogP contribution in [0.2, 0.25) is 0 Å². The fraction of sp³-hybridized carbons (Fsp3) is 0.389. The van der Waals surface area contributed by atoms with Crippen molar-refractivity contribution in [2.24, 2.45) is 5.92 Å². The van der Waals surface area contributed by atoms with Crippen molar-refractivity contribution in [1.82, 2.24) is 9.97 Å². The van der Waals surface area contributed by atoms with Gasteiger partial charge in [-0.15, -0.1) is 0 Å². The van der Waals surface area contributed by atoms with Gasteiger partial charge in [0.1, 0.15) is 5.82 Å². The number of nitrogens with zero attached hydrogens (tertiary/aromatic N) is 3. The van der Waals surface area contributed by atoms with Gasteiger partial charge in [-0.2, -0.15) is 4.98 Å². The van der Waals surface area contributed by atoms with Crippen molar-refractivity contribution < 1.29 is 9.90 Å². The Morgan fingerprint density at radius 2 is 1.96 bits per heavy atom. The molecule has 0 saturated carbocycles. The number of aryl methyl sites for hydroxylation is 1. The lowest BCUT2D eigenvalue weighted by Gasteiger charge is -2.31. The van der Waals surface area contributed by atoms with Crippen LogP contribution in [-0.2, 0) is 11.3 Å². The van der Waals surface area contributed by atoms with Crippen molar-refractivity contribution in [1.29, 1.82) is 0 Å². The highest BCUT2D eigenvalue weighted by atomic mass is 16.4. The number of rotatable bonds is 5. The standard InChI is InChI=1S/C18H22N4O2/c1-13-2-4-14(5-3-13)12-20-18-19-9-6-16(21-18)22-10-7-15(8-11-22)17(23)24/h2-6,9,15H,7-8,10-12H2,1H3,(H,23,24)(H,19,20,21). The van der Waals surface area contributed by atoms with Gasteiger partial charge in [0, 0.05) is 25.8 Å². The highest BCUT2D eigenvalue weighted by molar-refractivity contribution is 5.70. The molecule has 2 aromatic rings. The van der Waals surface area contributed by atoms with Crippen LogP contribution < -0.4 is 10.2 Å². The van der Waals surface area contributed by atoms with Gasteiger partial charge in [-0.25, -0.2) is 4.98 Å². The summed E-state index contributed by atoms with van der Waals surface area (Å²) in [5, 5.41) is 12.3. The Balaban J connectivity index is 1.60. The minimum Gasteiger partial charge on any atom is -0.481 e. The monoisotopic (exact) mass is 326 g/mol. The number of hydrogen-bond acceptors (Lipinski definition) is 5. The van der Waals surface area contributed by atoms with Crippen LogP contribution in [0.15, 0.2) is 36.5 Å². The molecule has 0 radical (unpaired) electrons. The molecule has 6 heteroatoms. The molecule has 1 aliphatic rings. The first-order valence-corrected chi connectivity index (χ1v) is 8.22. The Morgan fingerprint density at radius 1 is 1.25 bits per heavy atom. The van der Waals surface area contributed by atoms with Crippen molar-refractivity contribution in [3.8, 4) is 0 Å². The number of carboxylic acid groups (broad SMARTS) is 1. The zero-order chi connectivity index (χ0) is 16.9. The van der Waals surface area contributed by atoms with Crippen molar-refractivity contribution >= 4 is 17.7 Å². The Morgan fingerprint density at radius 3 is 2.62 bits per heavy atom. The average Bonchev–Trinajstić information content (AvgIpc) is 2.61. The summed E-state index contributed by atoms with van der Waals surface area (Å²) < 4.78 is 0. The van der Waals surface area contributed by atoms with Crippen molar-refractivity contribution in [3.63, 3.8) is 0 Å². The summed E-state index contributed by atoms with van der Waals surface area (Å²) >= 11 is 0. The van der Waals surface area contributed by atoms with E-state index >= 15 is 0 Å². The molecule has 126 valence electrons. The van der Waals surface area contributed by atoms with E-state index in [0.29, 0.717) is 38.4 Å². The molecule has 24 heavy (non-hydrogen) atoms. The summed E-state index contributed by atoms with van der Waals surface area (Å²) in [5.74, 6) is 0.508. The van der Waals surface area contributed by atoms with Crippen LogP contribution >= 0.6 is 0 Å². The minimum atomic E-state index is -0.696. The van der Waals surface area contributed by atoms with Gasteiger partial charge in [0.15, 0.2) is 0 Å². The summed E-state index contributed by atoms with van der Waals surface area (Å²) in [5.41, 5.74) is 2.42. The molecule has 3 rings (SSSR count). The number of hydrogen-bond donors (Lipinski definition) is 2. The molecule has 0 unspecified atom stereocenters. The highest BCUT2D eigenvalue weighted by Gasteiger charge is 2.25. The molecule has 2 heterocycles. The fourth-order valence-electron chi connectivity index (χ4n) is 2.85. The Bertz CT molecular complexity index is 694. The molecule has 0 aliphatic carbocycles. The second-order valence-electron chi connectivity index (χ2n) is 6.18. The van der Waals surface area contributed by atoms with Crippen molar-refractivity contribution in [2.75, 3.05) is 23.3 Å². The first-order valence-electron chi connectivity index (χ1n) is 8.22. The maximum absolute atomic E-state index is 11.0. The number of anilines is 2. The Labute approximate surface area is 141 Å². The number of aliphatic carboxylic acids is 1. The Kier molecular flexibility index (Phi) is 4.93. The lowest BCUT2D eigenvalue weighted by atomic mass is 9.97. The van der Waals surface area contributed by atoms with Crippen molar-refractivity contribution in [3.05, 3.63) is 47.7 Å². The molecule has 0 bridgehead atoms. The second-order valence-corrected chi connectivity index (χ2v) is 6.18. The van der Waals surface area contributed by atoms with Gasteiger partial charge in [-0.3, -0.25) is 4.79 Å². The van der Waals surface area contributed by atoms with Crippen LogP contribution in [0.25, 0.3) is 0 Å². The van der Waals surface area contributed by atoms with Gasteiger partial charge in [0.25, 0.3) is 0 Å². The van der Waals surface area contributed by atoms with E-state index in [1.54, 1.807) is 6.20 Å². The van der Waals surface area contributed by atoms with Gasteiger partial charge < -0.3 is 15.3 Å². The number of nitrogens with one attached hydrogen (secondary N) is 1. The number of carboxylic acids is 1. The molecule has 1 aliphatic heterocycles. The second kappa shape index (κ2) is 7.29. The predicted molar refractivity (Wildman–Crippen MR) is 93.1 cm³/mol. The van der Waals surface area contributed by atoms with E-state index < -0.39 is 5.97 Å². The molecular formula is C18H22N4O2. The SMILES string of the molecule is Cc1ccc(CNc2nccc(N3CCC(C(=O)O)CC3)n2)cc1. The van der Waals surface area contributed by atoms with E-state index in [1.807, 2.05) is 6.07 Å². The number of aromatic nitrogens is 2. The van der Waals surface area contributed by atoms with E-state index in [1.165, 1.54) is 11.1 Å². The van der Waals surface area contributed by atoms with Crippen LogP contribution in [0, 0.1) is 12.8 Å². The van der Waals surface area contributed by atoms with E-state index in [9.17, 15) is 4.79 Å². The van der Waals surface area contributed by atoms with Crippen LogP contribution in [-0.4, -0.2) is 34.1 Å². The molecule has 1 aromatic heterocycles. The van der Waals surface area contributed by atoms with Gasteiger partial charge in [0.05, 0.1) is 5.92 Å². The summed E-state index contributed by atoms with van der Waals surface area (Å²) in [6, 6.07) is 10.2. The molecule has 1 saturated heterocycles. The van der Waals surface area contributed by atoms with Crippen LogP contribution in [0.1, 0.15) is 24.0 Å². The van der Waals surface area contributed by atoms with E-state index in [2.05, 4.69) is 51.4 Å². The zero-order valence-corrected chi connectivity index (χ0v) is 13.8. The van der Waals surface area contributed by atoms with Crippen LogP contribution in [0.4, 0.5) is 11.8 Å². The predicted octanol–water partition coefficient (Wildman–Crippen LogP) is 2.70. The molecular weight excluding hydrogens is 304 g/mol. The molecule has 0 spiro atoms. The van der Waals surface area contributed by atoms with Gasteiger partial charge in [0.2, 0.25) is 5.95 Å². The highest BCUT2D eigenvalue weighted by Crippen LogP contribution is 2.22. The van der Waals surface area contributed by atoms with Gasteiger partial charge >= 0.3 is 5.97 Å². The Hall–Kier alpha value is -2.63. The molecule has 2 N–H and O–H groups in total. The lowest BCUT2D eigenvalue weighted by molar-refractivity contribution is -0.142. The molecule has 1 fully saturated rings. The lowest BCUT2D eigenvalue weighted by Crippen LogP contribution is -2.36. The van der Waals surface area contributed by atoms with Gasteiger partial charge in [-0.05, 0) is 31.4 Å².